The molecule has 1 rings (SSSR count). The van der Waals surface area contributed by atoms with Crippen molar-refractivity contribution in [1.29, 1.82) is 0 Å². The van der Waals surface area contributed by atoms with Gasteiger partial charge >= 0.3 is 0 Å². The van der Waals surface area contributed by atoms with Crippen LogP contribution in [-0.4, -0.2) is 43.0 Å². The minimum absolute atomic E-state index is 0.0756. The lowest BCUT2D eigenvalue weighted by molar-refractivity contribution is -0.384. The van der Waals surface area contributed by atoms with E-state index in [0.717, 1.165) is 6.42 Å². The van der Waals surface area contributed by atoms with E-state index in [1.54, 1.807) is 0 Å². The van der Waals surface area contributed by atoms with Gasteiger partial charge in [-0.1, -0.05) is 13.8 Å². The van der Waals surface area contributed by atoms with Crippen molar-refractivity contribution >= 4 is 17.5 Å². The van der Waals surface area contributed by atoms with Gasteiger partial charge in [0.2, 0.25) is 5.91 Å². The van der Waals surface area contributed by atoms with Crippen LogP contribution in [0.15, 0.2) is 24.3 Å². The van der Waals surface area contributed by atoms with E-state index >= 15 is 0 Å². The Balaban J connectivity index is 2.15. The number of rotatable bonds is 11. The Kier molecular flexibility index (Phi) is 9.16. The van der Waals surface area contributed by atoms with E-state index in [2.05, 4.69) is 24.5 Å². The lowest BCUT2D eigenvalue weighted by Crippen LogP contribution is -2.31. The highest BCUT2D eigenvalue weighted by atomic mass is 16.6. The molecule has 0 heterocycles. The zero-order valence-corrected chi connectivity index (χ0v) is 14.6. The maximum absolute atomic E-state index is 11.9. The zero-order valence-electron chi connectivity index (χ0n) is 14.6. The summed E-state index contributed by atoms with van der Waals surface area (Å²) in [5, 5.41) is 15.9. The molecular formula is C17H25N3O5. The molecule has 2 amide bonds. The lowest BCUT2D eigenvalue weighted by Gasteiger charge is -2.08. The predicted molar refractivity (Wildman–Crippen MR) is 93.3 cm³/mol. The van der Waals surface area contributed by atoms with E-state index in [0.29, 0.717) is 31.2 Å². The molecule has 0 saturated carbocycles. The number of amides is 2. The molecule has 8 nitrogen and oxygen atoms in total. The number of hydrogen-bond acceptors (Lipinski definition) is 5. The topological polar surface area (TPSA) is 111 Å². The molecule has 25 heavy (non-hydrogen) atoms. The molecular weight excluding hydrogens is 326 g/mol. The zero-order chi connectivity index (χ0) is 18.7. The number of hydrogen-bond donors (Lipinski definition) is 2. The summed E-state index contributed by atoms with van der Waals surface area (Å²) >= 11 is 0. The second kappa shape index (κ2) is 11.1. The number of carbonyl (C=O) groups excluding carboxylic acids is 2. The summed E-state index contributed by atoms with van der Waals surface area (Å²) in [7, 11) is 0. The van der Waals surface area contributed by atoms with E-state index in [4.69, 9.17) is 4.74 Å². The Bertz CT molecular complexity index is 572. The first-order valence-electron chi connectivity index (χ1n) is 8.27. The number of non-ortho nitro benzene ring substituents is 1. The number of nitro benzene ring substituents is 1. The second-order valence-electron chi connectivity index (χ2n) is 5.98. The third-order valence-electron chi connectivity index (χ3n) is 3.22. The van der Waals surface area contributed by atoms with Gasteiger partial charge in [-0.2, -0.15) is 0 Å². The Morgan fingerprint density at radius 1 is 1.16 bits per heavy atom. The Morgan fingerprint density at radius 3 is 2.44 bits per heavy atom. The highest BCUT2D eigenvalue weighted by Gasteiger charge is 2.09. The van der Waals surface area contributed by atoms with Gasteiger partial charge in [-0.25, -0.2) is 0 Å². The molecule has 0 atom stereocenters. The summed E-state index contributed by atoms with van der Waals surface area (Å²) in [5.41, 5.74) is 0.238. The molecule has 0 aliphatic rings. The van der Waals surface area contributed by atoms with Gasteiger partial charge in [-0.15, -0.1) is 0 Å². The van der Waals surface area contributed by atoms with Crippen molar-refractivity contribution in [2.24, 2.45) is 5.92 Å². The third-order valence-corrected chi connectivity index (χ3v) is 3.22. The van der Waals surface area contributed by atoms with Gasteiger partial charge in [0.05, 0.1) is 4.92 Å². The first-order chi connectivity index (χ1) is 11.9. The first kappa shape index (κ1) is 20.6. The van der Waals surface area contributed by atoms with Gasteiger partial charge in [0, 0.05) is 50.4 Å². The summed E-state index contributed by atoms with van der Waals surface area (Å²) in [5.74, 6) is -0.0217. The highest BCUT2D eigenvalue weighted by Crippen LogP contribution is 2.11. The van der Waals surface area contributed by atoms with Crippen molar-refractivity contribution in [3.8, 4) is 0 Å². The fourth-order valence-electron chi connectivity index (χ4n) is 1.94. The molecule has 0 bridgehead atoms. The van der Waals surface area contributed by atoms with Crippen LogP contribution in [0.4, 0.5) is 5.69 Å². The number of carbonyl (C=O) groups is 2. The largest absolute Gasteiger partial charge is 0.381 e. The number of nitrogens with zero attached hydrogens (tertiary/aromatic N) is 1. The highest BCUT2D eigenvalue weighted by molar-refractivity contribution is 5.94. The smallest absolute Gasteiger partial charge is 0.269 e. The van der Waals surface area contributed by atoms with Crippen LogP contribution in [0.3, 0.4) is 0 Å². The minimum atomic E-state index is -0.528. The summed E-state index contributed by atoms with van der Waals surface area (Å²) in [6.07, 6.45) is 0.916. The molecule has 1 aromatic rings. The van der Waals surface area contributed by atoms with Crippen LogP contribution in [-0.2, 0) is 9.53 Å². The van der Waals surface area contributed by atoms with Crippen LogP contribution in [0.1, 0.15) is 37.0 Å². The first-order valence-corrected chi connectivity index (χ1v) is 8.27. The molecule has 0 radical (unpaired) electrons. The van der Waals surface area contributed by atoms with Crippen molar-refractivity contribution in [3.63, 3.8) is 0 Å². The number of benzene rings is 1. The summed E-state index contributed by atoms with van der Waals surface area (Å²) in [6.45, 7) is 6.20. The summed E-state index contributed by atoms with van der Waals surface area (Å²) in [6, 6.07) is 5.29. The molecule has 0 aliphatic carbocycles. The lowest BCUT2D eigenvalue weighted by atomic mass is 10.2. The van der Waals surface area contributed by atoms with Crippen molar-refractivity contribution in [1.82, 2.24) is 10.6 Å². The normalized spacial score (nSPS) is 10.5. The van der Waals surface area contributed by atoms with Crippen molar-refractivity contribution in [2.45, 2.75) is 26.7 Å². The average Bonchev–Trinajstić information content (AvgIpc) is 2.57. The van der Waals surface area contributed by atoms with Gasteiger partial charge in [-0.05, 0) is 24.5 Å². The Hall–Kier alpha value is -2.48. The maximum Gasteiger partial charge on any atom is 0.269 e. The Labute approximate surface area is 147 Å². The van der Waals surface area contributed by atoms with E-state index in [9.17, 15) is 19.7 Å². The van der Waals surface area contributed by atoms with Crippen molar-refractivity contribution < 1.29 is 19.2 Å². The summed E-state index contributed by atoms with van der Waals surface area (Å²) in [4.78, 5) is 33.5. The van der Waals surface area contributed by atoms with Gasteiger partial charge in [0.25, 0.3) is 11.6 Å². The van der Waals surface area contributed by atoms with Crippen molar-refractivity contribution in [3.05, 3.63) is 39.9 Å². The number of nitro groups is 1. The molecule has 8 heteroatoms. The van der Waals surface area contributed by atoms with Gasteiger partial charge in [0.1, 0.15) is 0 Å². The SMILES string of the molecule is CC(C)COCCCNC(=O)CCNC(=O)c1ccc([N+](=O)[O-])cc1. The predicted octanol–water partition coefficient (Wildman–Crippen LogP) is 1.89. The van der Waals surface area contributed by atoms with E-state index in [1.807, 2.05) is 0 Å². The average molecular weight is 351 g/mol. The van der Waals surface area contributed by atoms with Crippen LogP contribution in [0.25, 0.3) is 0 Å². The number of nitrogens with one attached hydrogen (secondary N) is 2. The standard InChI is InChI=1S/C17H25N3O5/c1-13(2)12-25-11-3-9-18-16(21)8-10-19-17(22)14-4-6-15(7-5-14)20(23)24/h4-7,13H,3,8-12H2,1-2H3,(H,18,21)(H,19,22). The second-order valence-corrected chi connectivity index (χ2v) is 5.98. The molecule has 0 spiro atoms. The molecule has 0 aromatic heterocycles. The molecule has 0 aliphatic heterocycles. The summed E-state index contributed by atoms with van der Waals surface area (Å²) < 4.78 is 5.41. The fourth-order valence-corrected chi connectivity index (χ4v) is 1.94. The third kappa shape index (κ3) is 8.80. The van der Waals surface area contributed by atoms with Crippen LogP contribution < -0.4 is 10.6 Å². The van der Waals surface area contributed by atoms with Gasteiger partial charge < -0.3 is 15.4 Å². The maximum atomic E-state index is 11.9. The van der Waals surface area contributed by atoms with E-state index < -0.39 is 4.92 Å². The molecule has 1 aromatic carbocycles. The van der Waals surface area contributed by atoms with Crippen LogP contribution in [0, 0.1) is 16.0 Å². The van der Waals surface area contributed by atoms with Gasteiger partial charge in [0.15, 0.2) is 0 Å². The minimum Gasteiger partial charge on any atom is -0.381 e. The number of ether oxygens (including phenoxy) is 1. The van der Waals surface area contributed by atoms with Crippen molar-refractivity contribution in [2.75, 3.05) is 26.3 Å². The van der Waals surface area contributed by atoms with E-state index in [1.165, 1.54) is 24.3 Å². The van der Waals surface area contributed by atoms with E-state index in [-0.39, 0.29) is 30.5 Å². The Morgan fingerprint density at radius 2 is 1.84 bits per heavy atom. The molecule has 0 fully saturated rings. The molecule has 2 N–H and O–H groups in total. The van der Waals surface area contributed by atoms with Crippen LogP contribution in [0.5, 0.6) is 0 Å². The van der Waals surface area contributed by atoms with Crippen LogP contribution >= 0.6 is 0 Å². The quantitative estimate of drug-likeness (QED) is 0.359. The fraction of sp³-hybridized carbons (Fsp3) is 0.529. The monoisotopic (exact) mass is 351 g/mol. The molecule has 138 valence electrons. The van der Waals surface area contributed by atoms with Gasteiger partial charge in [-0.3, -0.25) is 19.7 Å². The van der Waals surface area contributed by atoms with Crippen LogP contribution in [0.2, 0.25) is 0 Å². The molecule has 0 unspecified atom stereocenters. The molecule has 0 saturated heterocycles.